The highest BCUT2D eigenvalue weighted by atomic mass is 16.8. The lowest BCUT2D eigenvalue weighted by Crippen LogP contribution is -2.67. The molecule has 10 atom stereocenters. The van der Waals surface area contributed by atoms with Gasteiger partial charge >= 0.3 is 0 Å². The van der Waals surface area contributed by atoms with E-state index in [9.17, 15) is 20.4 Å². The standard InChI is InChI=1S/C12H24N2O9/c1-19-7-5(15)4(14)12(23-9(7)17)21-8-6(16)3(13)11(20-2)22-10(8)18/h3-12,15-18H,13-14H2,1-2H3. The van der Waals surface area contributed by atoms with Crippen molar-refractivity contribution >= 4 is 0 Å². The number of nitrogens with two attached hydrogens (primary N) is 2. The summed E-state index contributed by atoms with van der Waals surface area (Å²) in [7, 11) is 2.59. The fourth-order valence-electron chi connectivity index (χ4n) is 2.60. The van der Waals surface area contributed by atoms with Crippen molar-refractivity contribution in [3.63, 3.8) is 0 Å². The summed E-state index contributed by atoms with van der Waals surface area (Å²) >= 11 is 0. The molecular weight excluding hydrogens is 316 g/mol. The first kappa shape index (κ1) is 18.9. The average molecular weight is 340 g/mol. The number of hydrogen-bond donors (Lipinski definition) is 6. The fourth-order valence-corrected chi connectivity index (χ4v) is 2.60. The molecule has 0 saturated carbocycles. The highest BCUT2D eigenvalue weighted by Crippen LogP contribution is 2.27. The van der Waals surface area contributed by atoms with E-state index < -0.39 is 61.7 Å². The van der Waals surface area contributed by atoms with Crippen LogP contribution in [0.2, 0.25) is 0 Å². The van der Waals surface area contributed by atoms with Crippen molar-refractivity contribution in [3.05, 3.63) is 0 Å². The van der Waals surface area contributed by atoms with Gasteiger partial charge in [-0.25, -0.2) is 0 Å². The number of hydrogen-bond acceptors (Lipinski definition) is 11. The van der Waals surface area contributed by atoms with Crippen molar-refractivity contribution in [1.82, 2.24) is 0 Å². The maximum absolute atomic E-state index is 10.1. The Morgan fingerprint density at radius 1 is 0.739 bits per heavy atom. The first-order valence-electron chi connectivity index (χ1n) is 7.07. The summed E-state index contributed by atoms with van der Waals surface area (Å²) in [5, 5.41) is 39.8. The van der Waals surface area contributed by atoms with Crippen LogP contribution in [0, 0.1) is 0 Å². The predicted molar refractivity (Wildman–Crippen MR) is 72.4 cm³/mol. The van der Waals surface area contributed by atoms with Gasteiger partial charge in [0.1, 0.15) is 24.4 Å². The first-order valence-corrected chi connectivity index (χ1v) is 7.07. The minimum atomic E-state index is -1.57. The molecule has 0 aromatic rings. The maximum Gasteiger partial charge on any atom is 0.187 e. The predicted octanol–water partition coefficient (Wildman–Crippen LogP) is -4.24. The molecule has 0 aliphatic carbocycles. The van der Waals surface area contributed by atoms with Gasteiger partial charge in [0.2, 0.25) is 0 Å². The van der Waals surface area contributed by atoms with Crippen molar-refractivity contribution in [2.24, 2.45) is 11.5 Å². The monoisotopic (exact) mass is 340 g/mol. The molecule has 0 radical (unpaired) electrons. The molecule has 136 valence electrons. The molecule has 2 fully saturated rings. The van der Waals surface area contributed by atoms with Gasteiger partial charge in [-0.15, -0.1) is 0 Å². The van der Waals surface area contributed by atoms with Crippen LogP contribution in [-0.4, -0.2) is 96.3 Å². The van der Waals surface area contributed by atoms with Gasteiger partial charge in [-0.3, -0.25) is 0 Å². The topological polar surface area (TPSA) is 179 Å². The Morgan fingerprint density at radius 2 is 1.22 bits per heavy atom. The molecule has 23 heavy (non-hydrogen) atoms. The second-order valence-electron chi connectivity index (χ2n) is 5.46. The molecule has 11 heteroatoms. The summed E-state index contributed by atoms with van der Waals surface area (Å²) in [5.74, 6) is 0. The normalized spacial score (nSPS) is 51.7. The Kier molecular flexibility index (Phi) is 6.27. The Hall–Kier alpha value is -0.440. The van der Waals surface area contributed by atoms with Crippen LogP contribution >= 0.6 is 0 Å². The van der Waals surface area contributed by atoms with Gasteiger partial charge in [-0.05, 0) is 0 Å². The van der Waals surface area contributed by atoms with Crippen LogP contribution in [0.3, 0.4) is 0 Å². The van der Waals surface area contributed by atoms with Crippen molar-refractivity contribution < 1.29 is 44.1 Å². The van der Waals surface area contributed by atoms with Crippen LogP contribution in [-0.2, 0) is 23.7 Å². The first-order chi connectivity index (χ1) is 10.8. The molecule has 0 spiro atoms. The molecule has 0 aromatic heterocycles. The summed E-state index contributed by atoms with van der Waals surface area (Å²) in [6.45, 7) is 0. The van der Waals surface area contributed by atoms with Crippen LogP contribution in [0.25, 0.3) is 0 Å². The molecule has 2 heterocycles. The fraction of sp³-hybridized carbons (Fsp3) is 1.00. The van der Waals surface area contributed by atoms with Crippen molar-refractivity contribution in [3.8, 4) is 0 Å². The van der Waals surface area contributed by atoms with E-state index in [-0.39, 0.29) is 0 Å². The second-order valence-corrected chi connectivity index (χ2v) is 5.46. The molecule has 8 N–H and O–H groups in total. The summed E-state index contributed by atoms with van der Waals surface area (Å²) in [6, 6.07) is -2.09. The average Bonchev–Trinajstić information content (AvgIpc) is 2.52. The highest BCUT2D eigenvalue weighted by Gasteiger charge is 2.49. The van der Waals surface area contributed by atoms with Crippen molar-refractivity contribution in [2.45, 2.75) is 61.7 Å². The van der Waals surface area contributed by atoms with Crippen LogP contribution in [0.5, 0.6) is 0 Å². The van der Waals surface area contributed by atoms with Gasteiger partial charge < -0.3 is 55.6 Å². The zero-order valence-electron chi connectivity index (χ0n) is 12.8. The largest absolute Gasteiger partial charge is 0.388 e. The van der Waals surface area contributed by atoms with E-state index in [4.69, 9.17) is 35.2 Å². The molecule has 2 aliphatic rings. The van der Waals surface area contributed by atoms with Gasteiger partial charge in [0.15, 0.2) is 25.2 Å². The lowest BCUT2D eigenvalue weighted by atomic mass is 10.00. The molecule has 2 rings (SSSR count). The van der Waals surface area contributed by atoms with Gasteiger partial charge in [-0.2, -0.15) is 0 Å². The Morgan fingerprint density at radius 3 is 1.78 bits per heavy atom. The number of aliphatic hydroxyl groups is 4. The molecule has 2 saturated heterocycles. The Bertz CT molecular complexity index is 390. The third-order valence-electron chi connectivity index (χ3n) is 4.00. The third kappa shape index (κ3) is 3.65. The Balaban J connectivity index is 2.06. The van der Waals surface area contributed by atoms with E-state index in [1.54, 1.807) is 0 Å². The van der Waals surface area contributed by atoms with E-state index in [1.807, 2.05) is 0 Å². The summed E-state index contributed by atoms with van der Waals surface area (Å²) in [5.41, 5.74) is 11.5. The minimum absolute atomic E-state index is 0.991. The van der Waals surface area contributed by atoms with Gasteiger partial charge in [0, 0.05) is 14.2 Å². The van der Waals surface area contributed by atoms with Crippen LogP contribution < -0.4 is 11.5 Å². The number of aliphatic hydroxyl groups excluding tert-OH is 4. The maximum atomic E-state index is 10.1. The Labute approximate surface area is 132 Å². The summed E-state index contributed by atoms with van der Waals surface area (Å²) in [4.78, 5) is 0. The minimum Gasteiger partial charge on any atom is -0.388 e. The number of ether oxygens (including phenoxy) is 5. The van der Waals surface area contributed by atoms with Gasteiger partial charge in [0.25, 0.3) is 0 Å². The second kappa shape index (κ2) is 7.63. The smallest absolute Gasteiger partial charge is 0.187 e. The molecule has 0 bridgehead atoms. The molecule has 0 aromatic carbocycles. The zero-order chi connectivity index (χ0) is 17.3. The van der Waals surface area contributed by atoms with Crippen molar-refractivity contribution in [1.29, 1.82) is 0 Å². The molecule has 0 amide bonds. The van der Waals surface area contributed by atoms with Gasteiger partial charge in [-0.1, -0.05) is 0 Å². The van der Waals surface area contributed by atoms with E-state index >= 15 is 0 Å². The quantitative estimate of drug-likeness (QED) is 0.292. The molecule has 2 aliphatic heterocycles. The highest BCUT2D eigenvalue weighted by molar-refractivity contribution is 4.93. The zero-order valence-corrected chi connectivity index (χ0v) is 12.8. The number of rotatable bonds is 4. The summed E-state index contributed by atoms with van der Waals surface area (Å²) < 4.78 is 25.4. The van der Waals surface area contributed by atoms with E-state index in [1.165, 1.54) is 14.2 Å². The third-order valence-corrected chi connectivity index (χ3v) is 4.00. The van der Waals surface area contributed by atoms with Crippen LogP contribution in [0.15, 0.2) is 0 Å². The van der Waals surface area contributed by atoms with E-state index in [0.717, 1.165) is 0 Å². The van der Waals surface area contributed by atoms with Crippen molar-refractivity contribution in [2.75, 3.05) is 14.2 Å². The lowest BCUT2D eigenvalue weighted by molar-refractivity contribution is -0.370. The summed E-state index contributed by atoms with van der Waals surface area (Å²) in [6.07, 6.45) is -10.4. The van der Waals surface area contributed by atoms with Crippen LogP contribution in [0.4, 0.5) is 0 Å². The molecule has 11 nitrogen and oxygen atoms in total. The van der Waals surface area contributed by atoms with Crippen LogP contribution in [0.1, 0.15) is 0 Å². The lowest BCUT2D eigenvalue weighted by Gasteiger charge is -2.45. The van der Waals surface area contributed by atoms with E-state index in [2.05, 4.69) is 0 Å². The number of methoxy groups -OCH3 is 2. The molecule has 10 unspecified atom stereocenters. The molecular formula is C12H24N2O9. The van der Waals surface area contributed by atoms with Gasteiger partial charge in [0.05, 0.1) is 12.1 Å². The SMILES string of the molecule is COC1OC(O)C(OC2OC(O)C(OC)C(O)C2N)C(O)C1N. The van der Waals surface area contributed by atoms with E-state index in [0.29, 0.717) is 0 Å².